The van der Waals surface area contributed by atoms with Crippen LogP contribution in [-0.4, -0.2) is 35.7 Å². The molecule has 0 aliphatic carbocycles. The molecule has 0 saturated heterocycles. The number of hydrogen-bond donors (Lipinski definition) is 2. The van der Waals surface area contributed by atoms with Crippen LogP contribution in [0.4, 0.5) is 4.79 Å². The molecule has 6 heteroatoms. The monoisotopic (exact) mass is 305 g/mol. The van der Waals surface area contributed by atoms with Crippen molar-refractivity contribution in [2.75, 3.05) is 13.1 Å². The van der Waals surface area contributed by atoms with Gasteiger partial charge in [-0.2, -0.15) is 0 Å². The second kappa shape index (κ2) is 8.81. The Balaban J connectivity index is 2.14. The van der Waals surface area contributed by atoms with E-state index in [0.29, 0.717) is 6.54 Å². The van der Waals surface area contributed by atoms with Gasteiger partial charge in [0.25, 0.3) is 0 Å². The van der Waals surface area contributed by atoms with E-state index in [4.69, 9.17) is 4.74 Å². The van der Waals surface area contributed by atoms with E-state index in [1.165, 1.54) is 0 Å². The van der Waals surface area contributed by atoms with Crippen LogP contribution in [-0.2, 0) is 9.53 Å². The fraction of sp³-hybridized carbons (Fsp3) is 0.438. The summed E-state index contributed by atoms with van der Waals surface area (Å²) < 4.78 is 5.07. The van der Waals surface area contributed by atoms with Crippen LogP contribution in [0.1, 0.15) is 32.8 Å². The number of hydrogen-bond acceptors (Lipinski definition) is 4. The Morgan fingerprint density at radius 2 is 2.09 bits per heavy atom. The molecular formula is C16H23N3O3. The molecule has 0 aliphatic rings. The lowest BCUT2D eigenvalue weighted by Gasteiger charge is -2.19. The average molecular weight is 305 g/mol. The molecule has 0 bridgehead atoms. The van der Waals surface area contributed by atoms with Crippen LogP contribution >= 0.6 is 0 Å². The predicted molar refractivity (Wildman–Crippen MR) is 85.1 cm³/mol. The first-order chi connectivity index (χ1) is 10.4. The smallest absolute Gasteiger partial charge is 0.407 e. The zero-order chi connectivity index (χ0) is 16.4. The Labute approximate surface area is 131 Å². The summed E-state index contributed by atoms with van der Waals surface area (Å²) in [6.07, 6.45) is 6.86. The largest absolute Gasteiger partial charge is 0.444 e. The molecule has 0 aromatic carbocycles. The molecule has 0 fully saturated rings. The van der Waals surface area contributed by atoms with Crippen molar-refractivity contribution >= 4 is 18.1 Å². The van der Waals surface area contributed by atoms with Crippen molar-refractivity contribution in [1.29, 1.82) is 0 Å². The number of nitrogens with one attached hydrogen (secondary N) is 2. The molecule has 0 aliphatic heterocycles. The molecule has 1 rings (SSSR count). The highest BCUT2D eigenvalue weighted by Gasteiger charge is 2.15. The van der Waals surface area contributed by atoms with Crippen molar-refractivity contribution in [3.63, 3.8) is 0 Å². The van der Waals surface area contributed by atoms with E-state index in [1.54, 1.807) is 33.2 Å². The summed E-state index contributed by atoms with van der Waals surface area (Å²) in [7, 11) is 0. The molecule has 22 heavy (non-hydrogen) atoms. The van der Waals surface area contributed by atoms with Gasteiger partial charge >= 0.3 is 6.09 Å². The van der Waals surface area contributed by atoms with Crippen LogP contribution in [0.3, 0.4) is 0 Å². The minimum Gasteiger partial charge on any atom is -0.444 e. The van der Waals surface area contributed by atoms with Crippen LogP contribution in [0.15, 0.2) is 30.6 Å². The van der Waals surface area contributed by atoms with Gasteiger partial charge in [-0.1, -0.05) is 18.2 Å². The summed E-state index contributed by atoms with van der Waals surface area (Å²) >= 11 is 0. The number of rotatable bonds is 6. The molecule has 2 N–H and O–H groups in total. The van der Waals surface area contributed by atoms with Gasteiger partial charge in [0.2, 0.25) is 5.91 Å². The number of amides is 2. The van der Waals surface area contributed by atoms with Crippen LogP contribution < -0.4 is 10.6 Å². The number of carbonyl (C=O) groups excluding carboxylic acids is 2. The lowest BCUT2D eigenvalue weighted by molar-refractivity contribution is -0.120. The van der Waals surface area contributed by atoms with Crippen molar-refractivity contribution < 1.29 is 14.3 Å². The Kier molecular flexibility index (Phi) is 7.08. The second-order valence-electron chi connectivity index (χ2n) is 5.67. The van der Waals surface area contributed by atoms with Crippen molar-refractivity contribution in [2.24, 2.45) is 0 Å². The summed E-state index contributed by atoms with van der Waals surface area (Å²) in [5, 5.41) is 5.27. The van der Waals surface area contributed by atoms with Crippen LogP contribution in [0, 0.1) is 0 Å². The van der Waals surface area contributed by atoms with E-state index < -0.39 is 11.7 Å². The SMILES string of the molecule is CC(C)(C)OC(=O)NCCC(=O)NCC=Cc1cccnc1. The zero-order valence-electron chi connectivity index (χ0n) is 13.3. The van der Waals surface area contributed by atoms with E-state index >= 15 is 0 Å². The first-order valence-electron chi connectivity index (χ1n) is 7.17. The normalized spacial score (nSPS) is 11.2. The highest BCUT2D eigenvalue weighted by atomic mass is 16.6. The van der Waals surface area contributed by atoms with Crippen LogP contribution in [0.25, 0.3) is 6.08 Å². The number of pyridine rings is 1. The van der Waals surface area contributed by atoms with Crippen molar-refractivity contribution in [1.82, 2.24) is 15.6 Å². The quantitative estimate of drug-likeness (QED) is 0.843. The van der Waals surface area contributed by atoms with Gasteiger partial charge in [0, 0.05) is 31.9 Å². The lowest BCUT2D eigenvalue weighted by atomic mass is 10.2. The predicted octanol–water partition coefficient (Wildman–Crippen LogP) is 2.13. The van der Waals surface area contributed by atoms with E-state index in [0.717, 1.165) is 5.56 Å². The molecule has 1 aromatic heterocycles. The Morgan fingerprint density at radius 3 is 2.73 bits per heavy atom. The van der Waals surface area contributed by atoms with E-state index in [-0.39, 0.29) is 18.9 Å². The van der Waals surface area contributed by atoms with Crippen molar-refractivity contribution in [2.45, 2.75) is 32.8 Å². The highest BCUT2D eigenvalue weighted by molar-refractivity contribution is 5.77. The topological polar surface area (TPSA) is 80.3 Å². The number of aromatic nitrogens is 1. The Hall–Kier alpha value is -2.37. The molecule has 0 atom stereocenters. The van der Waals surface area contributed by atoms with Gasteiger partial charge in [-0.15, -0.1) is 0 Å². The van der Waals surface area contributed by atoms with Gasteiger partial charge in [0.1, 0.15) is 5.60 Å². The molecule has 1 heterocycles. The molecule has 6 nitrogen and oxygen atoms in total. The van der Waals surface area contributed by atoms with Gasteiger partial charge < -0.3 is 15.4 Å². The zero-order valence-corrected chi connectivity index (χ0v) is 13.3. The van der Waals surface area contributed by atoms with E-state index in [9.17, 15) is 9.59 Å². The first-order valence-corrected chi connectivity index (χ1v) is 7.17. The van der Waals surface area contributed by atoms with Gasteiger partial charge in [-0.25, -0.2) is 4.79 Å². The summed E-state index contributed by atoms with van der Waals surface area (Å²) in [6.45, 7) is 6.03. The molecule has 2 amide bonds. The number of ether oxygens (including phenoxy) is 1. The fourth-order valence-corrected chi connectivity index (χ4v) is 1.52. The van der Waals surface area contributed by atoms with Crippen molar-refractivity contribution in [3.05, 3.63) is 36.2 Å². The number of alkyl carbamates (subject to hydrolysis) is 1. The van der Waals surface area contributed by atoms with Gasteiger partial charge in [-0.05, 0) is 32.4 Å². The summed E-state index contributed by atoms with van der Waals surface area (Å²) in [5.74, 6) is -0.133. The van der Waals surface area contributed by atoms with Crippen molar-refractivity contribution in [3.8, 4) is 0 Å². The number of carbonyl (C=O) groups is 2. The van der Waals surface area contributed by atoms with E-state index in [2.05, 4.69) is 15.6 Å². The lowest BCUT2D eigenvalue weighted by Crippen LogP contribution is -2.35. The molecule has 1 aromatic rings. The minimum absolute atomic E-state index is 0.133. The molecule has 0 unspecified atom stereocenters. The first kappa shape index (κ1) is 17.7. The Bertz CT molecular complexity index is 507. The third-order valence-corrected chi connectivity index (χ3v) is 2.43. The van der Waals surface area contributed by atoms with Gasteiger partial charge in [0.15, 0.2) is 0 Å². The molecule has 0 spiro atoms. The van der Waals surface area contributed by atoms with Crippen LogP contribution in [0.2, 0.25) is 0 Å². The van der Waals surface area contributed by atoms with E-state index in [1.807, 2.05) is 24.3 Å². The summed E-state index contributed by atoms with van der Waals surface area (Å²) in [6, 6.07) is 3.77. The average Bonchev–Trinajstić information content (AvgIpc) is 2.43. The standard InChI is InChI=1S/C16H23N3O3/c1-16(2,3)22-15(21)19-11-8-14(20)18-10-5-7-13-6-4-9-17-12-13/h4-7,9,12H,8,10-11H2,1-3H3,(H,18,20)(H,19,21). The molecule has 0 radical (unpaired) electrons. The number of nitrogens with zero attached hydrogens (tertiary/aromatic N) is 1. The van der Waals surface area contributed by atoms with Gasteiger partial charge in [0.05, 0.1) is 0 Å². The maximum absolute atomic E-state index is 11.6. The minimum atomic E-state index is -0.538. The fourth-order valence-electron chi connectivity index (χ4n) is 1.52. The maximum Gasteiger partial charge on any atom is 0.407 e. The summed E-state index contributed by atoms with van der Waals surface area (Å²) in [4.78, 5) is 26.9. The third-order valence-electron chi connectivity index (χ3n) is 2.43. The van der Waals surface area contributed by atoms with Gasteiger partial charge in [-0.3, -0.25) is 9.78 Å². The molecular weight excluding hydrogens is 282 g/mol. The van der Waals surface area contributed by atoms with Crippen LogP contribution in [0.5, 0.6) is 0 Å². The third kappa shape index (κ3) is 8.73. The maximum atomic E-state index is 11.6. The Morgan fingerprint density at radius 1 is 1.32 bits per heavy atom. The summed E-state index contributed by atoms with van der Waals surface area (Å²) in [5.41, 5.74) is 0.437. The second-order valence-corrected chi connectivity index (χ2v) is 5.67. The highest BCUT2D eigenvalue weighted by Crippen LogP contribution is 2.06. The molecule has 0 saturated carbocycles. The molecule has 120 valence electrons.